The molecule has 3 saturated heterocycles. The average molecular weight is 339 g/mol. The molecule has 1 aromatic rings. The van der Waals surface area contributed by atoms with E-state index in [2.05, 4.69) is 11.0 Å². The topological polar surface area (TPSA) is 56.6 Å². The van der Waals surface area contributed by atoms with E-state index in [4.69, 9.17) is 10.00 Å². The summed E-state index contributed by atoms with van der Waals surface area (Å²) < 4.78 is 5.91. The number of piperidine rings is 2. The Morgan fingerprint density at radius 3 is 2.72 bits per heavy atom. The molecule has 5 nitrogen and oxygen atoms in total. The van der Waals surface area contributed by atoms with Gasteiger partial charge in [-0.15, -0.1) is 0 Å². The second kappa shape index (κ2) is 7.15. The maximum absolute atomic E-state index is 13.1. The largest absolute Gasteiger partial charge is 0.378 e. The highest BCUT2D eigenvalue weighted by atomic mass is 16.5. The summed E-state index contributed by atoms with van der Waals surface area (Å²) >= 11 is 0. The zero-order chi connectivity index (χ0) is 17.2. The lowest BCUT2D eigenvalue weighted by atomic mass is 9.87. The third-order valence-electron chi connectivity index (χ3n) is 5.91. The van der Waals surface area contributed by atoms with E-state index < -0.39 is 0 Å². The molecule has 3 heterocycles. The second-order valence-electron chi connectivity index (χ2n) is 7.40. The fourth-order valence-corrected chi connectivity index (χ4v) is 4.57. The summed E-state index contributed by atoms with van der Waals surface area (Å²) in [5.41, 5.74) is 1.54. The highest BCUT2D eigenvalue weighted by Gasteiger charge is 2.39. The van der Waals surface area contributed by atoms with Gasteiger partial charge in [-0.05, 0) is 62.3 Å². The monoisotopic (exact) mass is 339 g/mol. The number of fused-ring (bicyclic) bond motifs is 1. The van der Waals surface area contributed by atoms with Gasteiger partial charge in [-0.2, -0.15) is 5.26 Å². The first-order valence-corrected chi connectivity index (χ1v) is 9.43. The minimum atomic E-state index is -0.00716. The summed E-state index contributed by atoms with van der Waals surface area (Å²) in [5.74, 6) is 0.798. The summed E-state index contributed by atoms with van der Waals surface area (Å²) in [6.45, 7) is 3.61. The zero-order valence-electron chi connectivity index (χ0n) is 14.6. The molecule has 3 aliphatic heterocycles. The van der Waals surface area contributed by atoms with Gasteiger partial charge in [0.15, 0.2) is 0 Å². The van der Waals surface area contributed by atoms with E-state index >= 15 is 0 Å². The number of rotatable bonds is 2. The first-order chi connectivity index (χ1) is 12.3. The molecule has 0 aliphatic carbocycles. The number of nitriles is 1. The van der Waals surface area contributed by atoms with Gasteiger partial charge in [-0.3, -0.25) is 9.69 Å². The van der Waals surface area contributed by atoms with Crippen LogP contribution in [0.25, 0.3) is 0 Å². The van der Waals surface area contributed by atoms with Crippen LogP contribution in [0.15, 0.2) is 24.3 Å². The fraction of sp³-hybridized carbons (Fsp3) is 0.600. The van der Waals surface area contributed by atoms with Crippen molar-refractivity contribution in [2.75, 3.05) is 31.1 Å². The minimum absolute atomic E-state index is 0.00716. The third kappa shape index (κ3) is 3.29. The molecule has 3 aliphatic rings. The van der Waals surface area contributed by atoms with Gasteiger partial charge < -0.3 is 9.64 Å². The first kappa shape index (κ1) is 16.6. The summed E-state index contributed by atoms with van der Waals surface area (Å²) in [4.78, 5) is 17.4. The fourth-order valence-electron chi connectivity index (χ4n) is 4.57. The molecule has 1 aromatic carbocycles. The van der Waals surface area contributed by atoms with E-state index in [1.807, 2.05) is 17.0 Å². The Balaban J connectivity index is 1.47. The number of amides is 1. The van der Waals surface area contributed by atoms with Gasteiger partial charge in [-0.25, -0.2) is 0 Å². The molecule has 0 radical (unpaired) electrons. The Bertz CT molecular complexity index is 667. The highest BCUT2D eigenvalue weighted by Crippen LogP contribution is 2.32. The molecule has 132 valence electrons. The Labute approximate surface area is 149 Å². The number of carbonyl (C=O) groups is 1. The maximum atomic E-state index is 13.1. The Hall–Kier alpha value is -1.90. The molecule has 0 N–H and O–H groups in total. The number of anilines is 1. The standard InChI is InChI=1S/C20H25N3O2/c21-13-15-5-7-17(8-6-15)23-10-1-4-18(20(23)24)22-11-9-19-16(14-22)3-2-12-25-19/h5-8,16,18-19H,1-4,9-12,14H2. The lowest BCUT2D eigenvalue weighted by molar-refractivity contribution is -0.129. The second-order valence-corrected chi connectivity index (χ2v) is 7.40. The SMILES string of the molecule is N#Cc1ccc(N2CCCC(N3CCC4OCCCC4C3)C2=O)cc1. The van der Waals surface area contributed by atoms with E-state index in [-0.39, 0.29) is 11.9 Å². The van der Waals surface area contributed by atoms with Crippen LogP contribution in [-0.4, -0.2) is 49.2 Å². The van der Waals surface area contributed by atoms with Gasteiger partial charge in [-0.1, -0.05) is 0 Å². The van der Waals surface area contributed by atoms with Crippen molar-refractivity contribution in [3.05, 3.63) is 29.8 Å². The quantitative estimate of drug-likeness (QED) is 0.831. The van der Waals surface area contributed by atoms with Gasteiger partial charge in [0.2, 0.25) is 5.91 Å². The molecule has 0 spiro atoms. The highest BCUT2D eigenvalue weighted by molar-refractivity contribution is 5.98. The van der Waals surface area contributed by atoms with E-state index in [0.29, 0.717) is 17.6 Å². The van der Waals surface area contributed by atoms with E-state index in [1.165, 1.54) is 6.42 Å². The zero-order valence-corrected chi connectivity index (χ0v) is 14.6. The smallest absolute Gasteiger partial charge is 0.244 e. The molecule has 0 aromatic heterocycles. The third-order valence-corrected chi connectivity index (χ3v) is 5.91. The molecular weight excluding hydrogens is 314 g/mol. The number of carbonyl (C=O) groups excluding carboxylic acids is 1. The first-order valence-electron chi connectivity index (χ1n) is 9.43. The normalized spacial score (nSPS) is 30.6. The van der Waals surface area contributed by atoms with Crippen LogP contribution in [0.5, 0.6) is 0 Å². The van der Waals surface area contributed by atoms with Crippen molar-refractivity contribution in [2.45, 2.75) is 44.2 Å². The molecule has 3 unspecified atom stereocenters. The Morgan fingerprint density at radius 2 is 1.92 bits per heavy atom. The number of likely N-dealkylation sites (tertiary alicyclic amines) is 1. The lowest BCUT2D eigenvalue weighted by Crippen LogP contribution is -2.57. The van der Waals surface area contributed by atoms with Crippen molar-refractivity contribution in [1.29, 1.82) is 5.26 Å². The molecule has 1 amide bonds. The molecule has 3 atom stereocenters. The maximum Gasteiger partial charge on any atom is 0.244 e. The number of hydrogen-bond donors (Lipinski definition) is 0. The summed E-state index contributed by atoms with van der Waals surface area (Å²) in [5, 5.41) is 8.95. The van der Waals surface area contributed by atoms with E-state index in [1.54, 1.807) is 12.1 Å². The number of ether oxygens (including phenoxy) is 1. The Morgan fingerprint density at radius 1 is 1.08 bits per heavy atom. The van der Waals surface area contributed by atoms with Crippen LogP contribution in [0.2, 0.25) is 0 Å². The number of nitrogens with zero attached hydrogens (tertiary/aromatic N) is 3. The molecule has 25 heavy (non-hydrogen) atoms. The van der Waals surface area contributed by atoms with Crippen molar-refractivity contribution in [1.82, 2.24) is 4.90 Å². The van der Waals surface area contributed by atoms with Crippen molar-refractivity contribution in [3.8, 4) is 6.07 Å². The molecule has 0 bridgehead atoms. The molecule has 5 heteroatoms. The predicted octanol–water partition coefficient (Wildman–Crippen LogP) is 2.55. The average Bonchev–Trinajstić information content (AvgIpc) is 2.68. The van der Waals surface area contributed by atoms with E-state index in [9.17, 15) is 4.79 Å². The summed E-state index contributed by atoms with van der Waals surface area (Å²) in [6, 6.07) is 9.48. The lowest BCUT2D eigenvalue weighted by Gasteiger charge is -2.45. The molecular formula is C20H25N3O2. The Kier molecular flexibility index (Phi) is 4.74. The van der Waals surface area contributed by atoms with E-state index in [0.717, 1.165) is 57.6 Å². The van der Waals surface area contributed by atoms with Gasteiger partial charge in [0.1, 0.15) is 0 Å². The molecule has 4 rings (SSSR count). The van der Waals surface area contributed by atoms with Crippen molar-refractivity contribution in [3.63, 3.8) is 0 Å². The van der Waals surface area contributed by atoms with Crippen LogP contribution in [0.4, 0.5) is 5.69 Å². The van der Waals surface area contributed by atoms with Crippen molar-refractivity contribution in [2.24, 2.45) is 5.92 Å². The van der Waals surface area contributed by atoms with Crippen LogP contribution >= 0.6 is 0 Å². The van der Waals surface area contributed by atoms with Gasteiger partial charge in [0, 0.05) is 31.9 Å². The molecule has 0 saturated carbocycles. The summed E-state index contributed by atoms with van der Waals surface area (Å²) in [7, 11) is 0. The van der Waals surface area contributed by atoms with Crippen LogP contribution < -0.4 is 4.90 Å². The predicted molar refractivity (Wildman–Crippen MR) is 95.2 cm³/mol. The van der Waals surface area contributed by atoms with Gasteiger partial charge in [0.05, 0.1) is 23.8 Å². The van der Waals surface area contributed by atoms with Gasteiger partial charge in [0.25, 0.3) is 0 Å². The van der Waals surface area contributed by atoms with Crippen molar-refractivity contribution >= 4 is 11.6 Å². The van der Waals surface area contributed by atoms with Crippen molar-refractivity contribution < 1.29 is 9.53 Å². The van der Waals surface area contributed by atoms with Crippen LogP contribution in [0, 0.1) is 17.2 Å². The summed E-state index contributed by atoms with van der Waals surface area (Å²) in [6.07, 6.45) is 5.79. The number of hydrogen-bond acceptors (Lipinski definition) is 4. The van der Waals surface area contributed by atoms with Crippen LogP contribution in [0.1, 0.15) is 37.7 Å². The minimum Gasteiger partial charge on any atom is -0.378 e. The van der Waals surface area contributed by atoms with Crippen LogP contribution in [-0.2, 0) is 9.53 Å². The van der Waals surface area contributed by atoms with Crippen LogP contribution in [0.3, 0.4) is 0 Å². The van der Waals surface area contributed by atoms with Gasteiger partial charge >= 0.3 is 0 Å². The molecule has 3 fully saturated rings. The number of benzene rings is 1.